The quantitative estimate of drug-likeness (QED) is 0.877. The molecule has 88 valence electrons. The largest absolute Gasteiger partial charge is 0.371 e. The van der Waals surface area contributed by atoms with Crippen LogP contribution in [0.5, 0.6) is 0 Å². The Morgan fingerprint density at radius 2 is 2.06 bits per heavy atom. The number of nitrogens with two attached hydrogens (primary N) is 1. The average Bonchev–Trinajstić information content (AvgIpc) is 2.81. The van der Waals surface area contributed by atoms with Crippen LogP contribution in [0.3, 0.4) is 0 Å². The van der Waals surface area contributed by atoms with Gasteiger partial charge in [-0.15, -0.1) is 0 Å². The second kappa shape index (κ2) is 5.07. The molecule has 2 nitrogen and oxygen atoms in total. The summed E-state index contributed by atoms with van der Waals surface area (Å²) in [4.78, 5) is 2.35. The van der Waals surface area contributed by atoms with E-state index in [2.05, 4.69) is 18.0 Å². The van der Waals surface area contributed by atoms with E-state index in [1.165, 1.54) is 31.4 Å². The first-order valence-corrected chi connectivity index (χ1v) is 6.32. The summed E-state index contributed by atoms with van der Waals surface area (Å²) in [5.74, 6) is 0. The van der Waals surface area contributed by atoms with Gasteiger partial charge in [-0.3, -0.25) is 0 Å². The maximum Gasteiger partial charge on any atom is 0.0471 e. The second-order valence-electron chi connectivity index (χ2n) is 4.49. The Hall–Kier alpha value is -0.730. The molecule has 0 bridgehead atoms. The van der Waals surface area contributed by atoms with E-state index in [0.717, 1.165) is 10.6 Å². The monoisotopic (exact) mass is 238 g/mol. The van der Waals surface area contributed by atoms with Crippen LogP contribution >= 0.6 is 11.6 Å². The van der Waals surface area contributed by atoms with Crippen LogP contribution in [-0.2, 0) is 6.54 Å². The molecule has 0 spiro atoms. The predicted octanol–water partition coefficient (Wildman–Crippen LogP) is 3.18. The fourth-order valence-corrected chi connectivity index (χ4v) is 2.81. The van der Waals surface area contributed by atoms with Crippen LogP contribution in [0.25, 0.3) is 0 Å². The molecule has 1 aliphatic rings. The first-order chi connectivity index (χ1) is 7.74. The molecule has 0 aliphatic heterocycles. The minimum atomic E-state index is 0.506. The van der Waals surface area contributed by atoms with Gasteiger partial charge in [0, 0.05) is 35.9 Å². The number of hydrogen-bond acceptors (Lipinski definition) is 2. The third-order valence-electron chi connectivity index (χ3n) is 3.55. The number of anilines is 1. The summed E-state index contributed by atoms with van der Waals surface area (Å²) in [7, 11) is 2.15. The van der Waals surface area contributed by atoms with Gasteiger partial charge in [0.1, 0.15) is 0 Å². The van der Waals surface area contributed by atoms with Gasteiger partial charge in [0.15, 0.2) is 0 Å². The average molecular weight is 239 g/mol. The van der Waals surface area contributed by atoms with Crippen molar-refractivity contribution in [3.63, 3.8) is 0 Å². The van der Waals surface area contributed by atoms with Crippen LogP contribution in [0, 0.1) is 0 Å². The van der Waals surface area contributed by atoms with E-state index in [9.17, 15) is 0 Å². The Balaban J connectivity index is 2.27. The fourth-order valence-electron chi connectivity index (χ4n) is 2.57. The number of halogens is 1. The third kappa shape index (κ3) is 2.18. The molecule has 2 N–H and O–H groups in total. The Morgan fingerprint density at radius 3 is 2.69 bits per heavy atom. The Labute approximate surface area is 102 Å². The Kier molecular flexibility index (Phi) is 3.72. The van der Waals surface area contributed by atoms with Gasteiger partial charge in [0.05, 0.1) is 0 Å². The molecule has 3 heteroatoms. The van der Waals surface area contributed by atoms with Crippen LogP contribution in [0.2, 0.25) is 5.02 Å². The van der Waals surface area contributed by atoms with Gasteiger partial charge in [0.25, 0.3) is 0 Å². The van der Waals surface area contributed by atoms with Crippen molar-refractivity contribution in [2.45, 2.75) is 38.3 Å². The lowest BCUT2D eigenvalue weighted by Gasteiger charge is -2.28. The molecule has 1 aromatic rings. The highest BCUT2D eigenvalue weighted by Gasteiger charge is 2.21. The van der Waals surface area contributed by atoms with Crippen LogP contribution < -0.4 is 10.6 Å². The van der Waals surface area contributed by atoms with Crippen molar-refractivity contribution in [1.82, 2.24) is 0 Å². The normalized spacial score (nSPS) is 16.7. The summed E-state index contributed by atoms with van der Waals surface area (Å²) in [6.07, 6.45) is 5.25. The van der Waals surface area contributed by atoms with Gasteiger partial charge >= 0.3 is 0 Å². The maximum absolute atomic E-state index is 6.17. The summed E-state index contributed by atoms with van der Waals surface area (Å²) in [5.41, 5.74) is 8.04. The summed E-state index contributed by atoms with van der Waals surface area (Å²) in [5, 5.41) is 0.782. The molecule has 16 heavy (non-hydrogen) atoms. The number of hydrogen-bond donors (Lipinski definition) is 1. The van der Waals surface area contributed by atoms with E-state index < -0.39 is 0 Å². The van der Waals surface area contributed by atoms with E-state index in [4.69, 9.17) is 17.3 Å². The van der Waals surface area contributed by atoms with Gasteiger partial charge in [-0.25, -0.2) is 0 Å². The highest BCUT2D eigenvalue weighted by atomic mass is 35.5. The van der Waals surface area contributed by atoms with Crippen molar-refractivity contribution in [2.24, 2.45) is 5.73 Å². The van der Waals surface area contributed by atoms with Gasteiger partial charge in [0.2, 0.25) is 0 Å². The molecule has 2 rings (SSSR count). The molecule has 1 fully saturated rings. The third-order valence-corrected chi connectivity index (χ3v) is 3.90. The molecule has 0 radical (unpaired) electrons. The summed E-state index contributed by atoms with van der Waals surface area (Å²) >= 11 is 6.17. The molecule has 0 amide bonds. The van der Waals surface area contributed by atoms with Crippen LogP contribution in [0.15, 0.2) is 18.2 Å². The lowest BCUT2D eigenvalue weighted by atomic mass is 10.1. The van der Waals surface area contributed by atoms with Gasteiger partial charge in [-0.2, -0.15) is 0 Å². The SMILES string of the molecule is CN(c1cccc(Cl)c1CN)C1CCCC1. The van der Waals surface area contributed by atoms with Crippen molar-refractivity contribution in [3.8, 4) is 0 Å². The minimum absolute atomic E-state index is 0.506. The molecule has 0 aromatic heterocycles. The summed E-state index contributed by atoms with van der Waals surface area (Å²) in [6, 6.07) is 6.69. The van der Waals surface area contributed by atoms with Crippen LogP contribution in [0.1, 0.15) is 31.2 Å². The first kappa shape index (κ1) is 11.7. The topological polar surface area (TPSA) is 29.3 Å². The van der Waals surface area contributed by atoms with E-state index in [1.54, 1.807) is 0 Å². The van der Waals surface area contributed by atoms with Crippen LogP contribution in [-0.4, -0.2) is 13.1 Å². The number of rotatable bonds is 3. The molecule has 1 aromatic carbocycles. The standard InChI is InChI=1S/C13H19ClN2/c1-16(10-5-2-3-6-10)13-8-4-7-12(14)11(13)9-15/h4,7-8,10H,2-3,5-6,9,15H2,1H3. The van der Waals surface area contributed by atoms with Crippen molar-refractivity contribution in [2.75, 3.05) is 11.9 Å². The summed E-state index contributed by atoms with van der Waals surface area (Å²) < 4.78 is 0. The van der Waals surface area contributed by atoms with E-state index >= 15 is 0 Å². The van der Waals surface area contributed by atoms with Crippen molar-refractivity contribution >= 4 is 17.3 Å². The van der Waals surface area contributed by atoms with Gasteiger partial charge in [-0.1, -0.05) is 30.5 Å². The number of nitrogens with zero attached hydrogens (tertiary/aromatic N) is 1. The predicted molar refractivity (Wildman–Crippen MR) is 70.0 cm³/mol. The molecule has 0 saturated heterocycles. The Bertz CT molecular complexity index is 359. The van der Waals surface area contributed by atoms with Crippen molar-refractivity contribution < 1.29 is 0 Å². The molecule has 1 saturated carbocycles. The lowest BCUT2D eigenvalue weighted by molar-refractivity contribution is 0.650. The molecule has 0 heterocycles. The van der Waals surface area contributed by atoms with E-state index in [0.29, 0.717) is 12.6 Å². The zero-order valence-corrected chi connectivity index (χ0v) is 10.5. The smallest absolute Gasteiger partial charge is 0.0471 e. The highest BCUT2D eigenvalue weighted by molar-refractivity contribution is 6.31. The van der Waals surface area contributed by atoms with Gasteiger partial charge < -0.3 is 10.6 Å². The summed E-state index contributed by atoms with van der Waals surface area (Å²) in [6.45, 7) is 0.506. The molecule has 0 unspecified atom stereocenters. The Morgan fingerprint density at radius 1 is 1.38 bits per heavy atom. The zero-order chi connectivity index (χ0) is 11.5. The molecular weight excluding hydrogens is 220 g/mol. The highest BCUT2D eigenvalue weighted by Crippen LogP contribution is 2.32. The van der Waals surface area contributed by atoms with Gasteiger partial charge in [-0.05, 0) is 25.0 Å². The lowest BCUT2D eigenvalue weighted by Crippen LogP contribution is -2.30. The molecule has 0 atom stereocenters. The van der Waals surface area contributed by atoms with Crippen LogP contribution in [0.4, 0.5) is 5.69 Å². The van der Waals surface area contributed by atoms with Crippen molar-refractivity contribution in [1.29, 1.82) is 0 Å². The van der Waals surface area contributed by atoms with E-state index in [-0.39, 0.29) is 0 Å². The number of benzene rings is 1. The second-order valence-corrected chi connectivity index (χ2v) is 4.90. The van der Waals surface area contributed by atoms with E-state index in [1.807, 2.05) is 12.1 Å². The fraction of sp³-hybridized carbons (Fsp3) is 0.538. The maximum atomic E-state index is 6.17. The zero-order valence-electron chi connectivity index (χ0n) is 9.75. The minimum Gasteiger partial charge on any atom is -0.371 e. The molecular formula is C13H19ClN2. The van der Waals surface area contributed by atoms with Crippen molar-refractivity contribution in [3.05, 3.63) is 28.8 Å². The first-order valence-electron chi connectivity index (χ1n) is 5.94. The molecule has 1 aliphatic carbocycles.